The summed E-state index contributed by atoms with van der Waals surface area (Å²) in [6.07, 6.45) is -3.27. The molecule has 0 aliphatic rings. The van der Waals surface area contributed by atoms with Gasteiger partial charge in [0.25, 0.3) is 5.91 Å². The topological polar surface area (TPSA) is 62.1 Å². The van der Waals surface area contributed by atoms with Gasteiger partial charge < -0.3 is 10.1 Å². The number of amides is 1. The lowest BCUT2D eigenvalue weighted by Gasteiger charge is -2.10. The van der Waals surface area contributed by atoms with Crippen molar-refractivity contribution in [1.82, 2.24) is 0 Å². The molecule has 0 radical (unpaired) electrons. The van der Waals surface area contributed by atoms with E-state index in [1.807, 2.05) is 0 Å². The van der Waals surface area contributed by atoms with Crippen molar-refractivity contribution in [2.24, 2.45) is 0 Å². The van der Waals surface area contributed by atoms with Gasteiger partial charge in [-0.05, 0) is 42.0 Å². The Morgan fingerprint density at radius 2 is 1.88 bits per heavy atom. The first-order valence-electron chi connectivity index (χ1n) is 7.18. The molecule has 0 bridgehead atoms. The second kappa shape index (κ2) is 7.93. The maximum Gasteiger partial charge on any atom is 0.416 e. The second-order valence-electron chi connectivity index (χ2n) is 5.09. The largest absolute Gasteiger partial charge is 0.495 e. The highest BCUT2D eigenvalue weighted by Crippen LogP contribution is 2.30. The van der Waals surface area contributed by atoms with Crippen LogP contribution in [0.25, 0.3) is 6.08 Å². The molecule has 0 saturated heterocycles. The maximum atomic E-state index is 12.6. The smallest absolute Gasteiger partial charge is 0.416 e. The van der Waals surface area contributed by atoms with E-state index >= 15 is 0 Å². The molecule has 26 heavy (non-hydrogen) atoms. The van der Waals surface area contributed by atoms with Crippen LogP contribution in [0.15, 0.2) is 48.0 Å². The van der Waals surface area contributed by atoms with E-state index < -0.39 is 17.6 Å². The lowest BCUT2D eigenvalue weighted by molar-refractivity contribution is -0.137. The van der Waals surface area contributed by atoms with Crippen LogP contribution in [-0.4, -0.2) is 13.0 Å². The van der Waals surface area contributed by atoms with E-state index in [1.165, 1.54) is 31.4 Å². The van der Waals surface area contributed by atoms with Gasteiger partial charge in [0.1, 0.15) is 17.4 Å². The van der Waals surface area contributed by atoms with Gasteiger partial charge in [0.05, 0.1) is 18.4 Å². The summed E-state index contributed by atoms with van der Waals surface area (Å²) in [7, 11) is 1.40. The molecule has 2 rings (SSSR count). The summed E-state index contributed by atoms with van der Waals surface area (Å²) in [5, 5.41) is 12.0. The average Bonchev–Trinajstić information content (AvgIpc) is 2.59. The Bertz CT molecular complexity index is 885. The minimum absolute atomic E-state index is 0.263. The molecule has 2 aromatic rings. The van der Waals surface area contributed by atoms with E-state index in [0.29, 0.717) is 10.8 Å². The molecule has 0 fully saturated rings. The highest BCUT2D eigenvalue weighted by atomic mass is 35.5. The molecule has 0 atom stereocenters. The molecule has 1 N–H and O–H groups in total. The number of rotatable bonds is 4. The number of benzene rings is 2. The summed E-state index contributed by atoms with van der Waals surface area (Å²) >= 11 is 5.87. The van der Waals surface area contributed by atoms with Crippen molar-refractivity contribution in [3.63, 3.8) is 0 Å². The number of methoxy groups -OCH3 is 1. The Hall–Kier alpha value is -2.98. The third kappa shape index (κ3) is 4.77. The zero-order valence-corrected chi connectivity index (χ0v) is 14.2. The number of nitriles is 1. The first kappa shape index (κ1) is 19.3. The van der Waals surface area contributed by atoms with Crippen molar-refractivity contribution in [3.05, 3.63) is 64.2 Å². The van der Waals surface area contributed by atoms with Crippen LogP contribution in [0, 0.1) is 11.3 Å². The quantitative estimate of drug-likeness (QED) is 0.605. The highest BCUT2D eigenvalue weighted by molar-refractivity contribution is 6.31. The molecule has 0 spiro atoms. The third-order valence-electron chi connectivity index (χ3n) is 3.32. The van der Waals surface area contributed by atoms with E-state index in [2.05, 4.69) is 5.32 Å². The summed E-state index contributed by atoms with van der Waals surface area (Å²) in [6.45, 7) is 0. The monoisotopic (exact) mass is 380 g/mol. The van der Waals surface area contributed by atoms with E-state index in [0.717, 1.165) is 12.1 Å². The van der Waals surface area contributed by atoms with Crippen LogP contribution in [0.2, 0.25) is 5.02 Å². The van der Waals surface area contributed by atoms with E-state index in [1.54, 1.807) is 18.2 Å². The summed E-state index contributed by atoms with van der Waals surface area (Å²) in [5.41, 5.74) is -0.561. The number of carbonyl (C=O) groups is 1. The number of halogens is 4. The number of nitrogens with zero attached hydrogens (tertiary/aromatic N) is 1. The van der Waals surface area contributed by atoms with Crippen molar-refractivity contribution < 1.29 is 22.7 Å². The highest BCUT2D eigenvalue weighted by Gasteiger charge is 2.29. The number of ether oxygens (including phenoxy) is 1. The van der Waals surface area contributed by atoms with Crippen molar-refractivity contribution >= 4 is 29.3 Å². The van der Waals surface area contributed by atoms with E-state index in [-0.39, 0.29) is 16.8 Å². The van der Waals surface area contributed by atoms with Gasteiger partial charge in [-0.15, -0.1) is 0 Å². The number of hydrogen-bond acceptors (Lipinski definition) is 3. The molecular weight excluding hydrogens is 369 g/mol. The molecule has 0 saturated carbocycles. The normalized spacial score (nSPS) is 11.6. The number of anilines is 1. The van der Waals surface area contributed by atoms with Crippen molar-refractivity contribution in [2.75, 3.05) is 12.4 Å². The molecular formula is C18H12ClF3N2O2. The molecule has 0 unspecified atom stereocenters. The predicted molar refractivity (Wildman–Crippen MR) is 91.7 cm³/mol. The average molecular weight is 381 g/mol. The summed E-state index contributed by atoms with van der Waals surface area (Å²) in [4.78, 5) is 12.3. The molecule has 8 heteroatoms. The van der Waals surface area contributed by atoms with Crippen LogP contribution in [0.1, 0.15) is 11.1 Å². The standard InChI is InChI=1S/C18H12ClF3N2O2/c1-26-16-7-6-14(19)9-15(16)24-17(25)12(10-23)8-11-2-4-13(5-3-11)18(20,21)22/h2-9H,1H3,(H,24,25)/b12-8+. The van der Waals surface area contributed by atoms with Gasteiger partial charge in [-0.25, -0.2) is 0 Å². The molecule has 2 aromatic carbocycles. The molecule has 0 aliphatic heterocycles. The molecule has 1 amide bonds. The fourth-order valence-corrected chi connectivity index (χ4v) is 2.22. The zero-order chi connectivity index (χ0) is 19.3. The predicted octanol–water partition coefficient (Wildman–Crippen LogP) is 4.91. The van der Waals surface area contributed by atoms with Gasteiger partial charge in [-0.1, -0.05) is 23.7 Å². The number of nitrogens with one attached hydrogen (secondary N) is 1. The minimum Gasteiger partial charge on any atom is -0.495 e. The van der Waals surface area contributed by atoms with Crippen molar-refractivity contribution in [3.8, 4) is 11.8 Å². The summed E-state index contributed by atoms with van der Waals surface area (Å²) in [5.74, 6) is -0.400. The van der Waals surface area contributed by atoms with Crippen LogP contribution in [-0.2, 0) is 11.0 Å². The minimum atomic E-state index is -4.46. The Morgan fingerprint density at radius 1 is 1.23 bits per heavy atom. The van der Waals surface area contributed by atoms with Crippen molar-refractivity contribution in [2.45, 2.75) is 6.18 Å². The van der Waals surface area contributed by atoms with Gasteiger partial charge in [0.15, 0.2) is 0 Å². The van der Waals surface area contributed by atoms with Gasteiger partial charge >= 0.3 is 6.18 Å². The van der Waals surface area contributed by atoms with E-state index in [4.69, 9.17) is 16.3 Å². The first-order chi connectivity index (χ1) is 12.2. The zero-order valence-electron chi connectivity index (χ0n) is 13.4. The Kier molecular flexibility index (Phi) is 5.90. The summed E-state index contributed by atoms with van der Waals surface area (Å²) < 4.78 is 42.8. The fraction of sp³-hybridized carbons (Fsp3) is 0.111. The molecule has 0 heterocycles. The molecule has 4 nitrogen and oxygen atoms in total. The molecule has 0 aliphatic carbocycles. The van der Waals surface area contributed by atoms with Gasteiger partial charge in [-0.3, -0.25) is 4.79 Å². The van der Waals surface area contributed by atoms with Crippen LogP contribution >= 0.6 is 11.6 Å². The summed E-state index contributed by atoms with van der Waals surface area (Å²) in [6, 6.07) is 10.4. The second-order valence-corrected chi connectivity index (χ2v) is 5.52. The maximum absolute atomic E-state index is 12.6. The van der Waals surface area contributed by atoms with Gasteiger partial charge in [0.2, 0.25) is 0 Å². The SMILES string of the molecule is COc1ccc(Cl)cc1NC(=O)/C(C#N)=C/c1ccc(C(F)(F)F)cc1. The molecule has 134 valence electrons. The first-order valence-corrected chi connectivity index (χ1v) is 7.56. The Balaban J connectivity index is 2.25. The number of alkyl halides is 3. The van der Waals surface area contributed by atoms with E-state index in [9.17, 15) is 23.2 Å². The molecule has 0 aromatic heterocycles. The van der Waals surface area contributed by atoms with Crippen molar-refractivity contribution in [1.29, 1.82) is 5.26 Å². The Labute approximate surface area is 152 Å². The lowest BCUT2D eigenvalue weighted by atomic mass is 10.1. The number of carbonyl (C=O) groups excluding carboxylic acids is 1. The fourth-order valence-electron chi connectivity index (χ4n) is 2.05. The van der Waals surface area contributed by atoms with Crippen LogP contribution in [0.3, 0.4) is 0 Å². The van der Waals surface area contributed by atoms with Gasteiger partial charge in [0, 0.05) is 5.02 Å². The van der Waals surface area contributed by atoms with Crippen LogP contribution in [0.5, 0.6) is 5.75 Å². The van der Waals surface area contributed by atoms with Crippen LogP contribution < -0.4 is 10.1 Å². The lowest BCUT2D eigenvalue weighted by Crippen LogP contribution is -2.14. The van der Waals surface area contributed by atoms with Gasteiger partial charge in [-0.2, -0.15) is 18.4 Å². The Morgan fingerprint density at radius 3 is 2.42 bits per heavy atom. The van der Waals surface area contributed by atoms with Crippen LogP contribution in [0.4, 0.5) is 18.9 Å². The number of hydrogen-bond donors (Lipinski definition) is 1. The third-order valence-corrected chi connectivity index (χ3v) is 3.56.